The highest BCUT2D eigenvalue weighted by atomic mass is 79.9. The number of nitrogens with zero attached hydrogens (tertiary/aromatic N) is 1. The summed E-state index contributed by atoms with van der Waals surface area (Å²) in [6.45, 7) is 7.20. The highest BCUT2D eigenvalue weighted by Crippen LogP contribution is 2.24. The molecule has 3 nitrogen and oxygen atoms in total. The van der Waals surface area contributed by atoms with E-state index in [4.69, 9.17) is 22.7 Å². The lowest BCUT2D eigenvalue weighted by Gasteiger charge is -2.25. The maximum atomic E-state index is 5.62. The Kier molecular flexibility index (Phi) is 7.48. The smallest absolute Gasteiger partial charge is 0.119 e. The van der Waals surface area contributed by atoms with Gasteiger partial charge in [0, 0.05) is 30.5 Å². The minimum atomic E-state index is 0.573. The molecule has 112 valence electrons. The largest absolute Gasteiger partial charge is 0.497 e. The number of hydrogen-bond acceptors (Lipinski definition) is 3. The first kappa shape index (κ1) is 17.4. The summed E-state index contributed by atoms with van der Waals surface area (Å²) >= 11 is 8.58. The van der Waals surface area contributed by atoms with Crippen LogP contribution in [0.5, 0.6) is 5.75 Å². The van der Waals surface area contributed by atoms with Crippen LogP contribution < -0.4 is 10.5 Å². The third-order valence-corrected chi connectivity index (χ3v) is 3.92. The summed E-state index contributed by atoms with van der Waals surface area (Å²) in [5, 5.41) is 0. The van der Waals surface area contributed by atoms with E-state index in [9.17, 15) is 0 Å². The van der Waals surface area contributed by atoms with Crippen molar-refractivity contribution in [3.05, 3.63) is 28.2 Å². The molecule has 0 saturated carbocycles. The Labute approximate surface area is 135 Å². The zero-order chi connectivity index (χ0) is 15.1. The van der Waals surface area contributed by atoms with Crippen molar-refractivity contribution in [2.24, 2.45) is 11.7 Å². The Hall–Kier alpha value is -0.650. The lowest BCUT2D eigenvalue weighted by Crippen LogP contribution is -2.30. The van der Waals surface area contributed by atoms with Crippen LogP contribution in [0.15, 0.2) is 22.7 Å². The van der Waals surface area contributed by atoms with E-state index in [1.807, 2.05) is 12.1 Å². The number of halogens is 1. The molecular formula is C15H23BrN2OS. The van der Waals surface area contributed by atoms with Crippen LogP contribution in [0.1, 0.15) is 25.8 Å². The van der Waals surface area contributed by atoms with E-state index >= 15 is 0 Å². The molecule has 0 unspecified atom stereocenters. The van der Waals surface area contributed by atoms with E-state index in [-0.39, 0.29) is 0 Å². The predicted molar refractivity (Wildman–Crippen MR) is 92.2 cm³/mol. The number of hydrogen-bond donors (Lipinski definition) is 1. The van der Waals surface area contributed by atoms with Crippen molar-refractivity contribution >= 4 is 33.1 Å². The molecule has 0 aliphatic rings. The Morgan fingerprint density at radius 2 is 2.15 bits per heavy atom. The second kappa shape index (κ2) is 8.60. The van der Waals surface area contributed by atoms with E-state index in [1.54, 1.807) is 7.11 Å². The number of nitrogens with two attached hydrogens (primary N) is 1. The lowest BCUT2D eigenvalue weighted by atomic mass is 10.1. The maximum absolute atomic E-state index is 5.62. The van der Waals surface area contributed by atoms with E-state index < -0.39 is 0 Å². The van der Waals surface area contributed by atoms with E-state index in [0.29, 0.717) is 10.9 Å². The predicted octanol–water partition coefficient (Wildman–Crippen LogP) is 3.59. The number of ether oxygens (including phenoxy) is 1. The van der Waals surface area contributed by atoms with Gasteiger partial charge in [-0.3, -0.25) is 4.90 Å². The summed E-state index contributed by atoms with van der Waals surface area (Å²) in [6.07, 6.45) is 0.754. The van der Waals surface area contributed by atoms with Crippen molar-refractivity contribution in [3.8, 4) is 5.75 Å². The van der Waals surface area contributed by atoms with Gasteiger partial charge in [-0.1, -0.05) is 42.0 Å². The van der Waals surface area contributed by atoms with Crippen LogP contribution in [0.3, 0.4) is 0 Å². The molecule has 0 spiro atoms. The van der Waals surface area contributed by atoms with Gasteiger partial charge >= 0.3 is 0 Å². The molecule has 20 heavy (non-hydrogen) atoms. The van der Waals surface area contributed by atoms with Crippen molar-refractivity contribution in [2.45, 2.75) is 26.8 Å². The zero-order valence-electron chi connectivity index (χ0n) is 12.4. The molecule has 0 bridgehead atoms. The first-order chi connectivity index (χ1) is 9.42. The van der Waals surface area contributed by atoms with Gasteiger partial charge in [0.15, 0.2) is 0 Å². The lowest BCUT2D eigenvalue weighted by molar-refractivity contribution is 0.242. The third-order valence-electron chi connectivity index (χ3n) is 2.94. The van der Waals surface area contributed by atoms with Gasteiger partial charge < -0.3 is 10.5 Å². The van der Waals surface area contributed by atoms with Gasteiger partial charge in [-0.05, 0) is 29.7 Å². The first-order valence-corrected chi connectivity index (χ1v) is 7.95. The average molecular weight is 359 g/mol. The molecule has 0 aliphatic carbocycles. The molecule has 2 N–H and O–H groups in total. The maximum Gasteiger partial charge on any atom is 0.119 e. The van der Waals surface area contributed by atoms with Gasteiger partial charge in [0.2, 0.25) is 0 Å². The minimum absolute atomic E-state index is 0.573. The molecule has 0 fully saturated rings. The van der Waals surface area contributed by atoms with E-state index in [1.165, 1.54) is 5.56 Å². The molecule has 0 aliphatic heterocycles. The fourth-order valence-electron chi connectivity index (χ4n) is 2.06. The van der Waals surface area contributed by atoms with Crippen LogP contribution in [0, 0.1) is 5.92 Å². The van der Waals surface area contributed by atoms with Gasteiger partial charge in [-0.15, -0.1) is 0 Å². The van der Waals surface area contributed by atoms with Crippen molar-refractivity contribution in [1.29, 1.82) is 0 Å². The van der Waals surface area contributed by atoms with Crippen LogP contribution in [0.4, 0.5) is 0 Å². The zero-order valence-corrected chi connectivity index (χ0v) is 14.8. The van der Waals surface area contributed by atoms with Crippen molar-refractivity contribution < 1.29 is 4.74 Å². The highest BCUT2D eigenvalue weighted by Gasteiger charge is 2.11. The molecule has 0 atom stereocenters. The molecule has 5 heteroatoms. The molecule has 0 radical (unpaired) electrons. The molecule has 1 rings (SSSR count). The van der Waals surface area contributed by atoms with Crippen LogP contribution in [0.25, 0.3) is 0 Å². The number of benzene rings is 1. The quantitative estimate of drug-likeness (QED) is 0.720. The molecule has 0 aromatic heterocycles. The Bertz CT molecular complexity index is 451. The van der Waals surface area contributed by atoms with Crippen molar-refractivity contribution in [1.82, 2.24) is 4.90 Å². The standard InChI is InChI=1S/C15H23BrN2OS/c1-11(2)9-18(7-6-15(17)20)10-12-8-13(19-3)4-5-14(12)16/h4-5,8,11H,6-7,9-10H2,1-3H3,(H2,17,20). The first-order valence-electron chi connectivity index (χ1n) is 6.75. The fourth-order valence-corrected chi connectivity index (χ4v) is 2.52. The summed E-state index contributed by atoms with van der Waals surface area (Å²) in [4.78, 5) is 2.95. The Morgan fingerprint density at radius 1 is 1.45 bits per heavy atom. The van der Waals surface area contributed by atoms with Gasteiger partial charge in [0.1, 0.15) is 5.75 Å². The molecule has 0 heterocycles. The van der Waals surface area contributed by atoms with Crippen LogP contribution >= 0.6 is 28.1 Å². The number of methoxy groups -OCH3 is 1. The summed E-state index contributed by atoms with van der Waals surface area (Å²) in [6, 6.07) is 6.04. The van der Waals surface area contributed by atoms with Gasteiger partial charge in [0.05, 0.1) is 12.1 Å². The molecule has 1 aromatic rings. The topological polar surface area (TPSA) is 38.5 Å². The normalized spacial score (nSPS) is 11.1. The SMILES string of the molecule is COc1ccc(Br)c(CN(CCC(N)=S)CC(C)C)c1. The van der Waals surface area contributed by atoms with Crippen molar-refractivity contribution in [3.63, 3.8) is 0 Å². The molecule has 0 amide bonds. The van der Waals surface area contributed by atoms with Crippen LogP contribution in [-0.4, -0.2) is 30.1 Å². The van der Waals surface area contributed by atoms with E-state index in [0.717, 1.165) is 36.3 Å². The average Bonchev–Trinajstić information content (AvgIpc) is 2.37. The molecule has 1 aromatic carbocycles. The van der Waals surface area contributed by atoms with Gasteiger partial charge in [0.25, 0.3) is 0 Å². The monoisotopic (exact) mass is 358 g/mol. The summed E-state index contributed by atoms with van der Waals surface area (Å²) in [5.41, 5.74) is 6.83. The fraction of sp³-hybridized carbons (Fsp3) is 0.533. The Balaban J connectivity index is 2.79. The summed E-state index contributed by atoms with van der Waals surface area (Å²) in [7, 11) is 1.69. The van der Waals surface area contributed by atoms with Crippen molar-refractivity contribution in [2.75, 3.05) is 20.2 Å². The van der Waals surface area contributed by atoms with Gasteiger partial charge in [-0.25, -0.2) is 0 Å². The Morgan fingerprint density at radius 3 is 2.70 bits per heavy atom. The van der Waals surface area contributed by atoms with Crippen LogP contribution in [0.2, 0.25) is 0 Å². The molecule has 0 saturated heterocycles. The number of rotatable bonds is 8. The van der Waals surface area contributed by atoms with Crippen LogP contribution in [-0.2, 0) is 6.54 Å². The van der Waals surface area contributed by atoms with Gasteiger partial charge in [-0.2, -0.15) is 0 Å². The minimum Gasteiger partial charge on any atom is -0.497 e. The summed E-state index contributed by atoms with van der Waals surface area (Å²) < 4.78 is 6.39. The number of thiocarbonyl (C=S) groups is 1. The third kappa shape index (κ3) is 6.20. The second-order valence-electron chi connectivity index (χ2n) is 5.30. The molecular weight excluding hydrogens is 336 g/mol. The summed E-state index contributed by atoms with van der Waals surface area (Å²) in [5.74, 6) is 1.48. The second-order valence-corrected chi connectivity index (χ2v) is 6.68. The van der Waals surface area contributed by atoms with E-state index in [2.05, 4.69) is 40.7 Å². The highest BCUT2D eigenvalue weighted by molar-refractivity contribution is 9.10.